The van der Waals surface area contributed by atoms with E-state index in [2.05, 4.69) is 81.8 Å². The Morgan fingerprint density at radius 2 is 0.543 bits per heavy atom. The summed E-state index contributed by atoms with van der Waals surface area (Å²) in [4.78, 5) is 0. The molecule has 0 spiro atoms. The van der Waals surface area contributed by atoms with E-state index < -0.39 is 0 Å². The zero-order valence-electron chi connectivity index (χ0n) is 24.7. The summed E-state index contributed by atoms with van der Waals surface area (Å²) in [6, 6.07) is 38.7. The van der Waals surface area contributed by atoms with Crippen LogP contribution in [0.3, 0.4) is 0 Å². The Morgan fingerprint density at radius 3 is 0.804 bits per heavy atom. The summed E-state index contributed by atoms with van der Waals surface area (Å²) in [7, 11) is 0. The zero-order valence-corrected chi connectivity index (χ0v) is 24.7. The summed E-state index contributed by atoms with van der Waals surface area (Å²) in [5.41, 5.74) is 25.1. The van der Waals surface area contributed by atoms with Crippen LogP contribution in [-0.2, 0) is 0 Å². The lowest BCUT2D eigenvalue weighted by molar-refractivity contribution is 1.63. The zero-order chi connectivity index (χ0) is 31.8. The van der Waals surface area contributed by atoms with Crippen molar-refractivity contribution in [3.05, 3.63) is 189 Å². The lowest BCUT2D eigenvalue weighted by atomic mass is 10.0. The molecule has 1 aliphatic carbocycles. The third kappa shape index (κ3) is 8.33. The molecule has 0 saturated heterocycles. The molecule has 0 bridgehead atoms. The molecule has 0 saturated carbocycles. The van der Waals surface area contributed by atoms with Gasteiger partial charge < -0.3 is 0 Å². The maximum atomic E-state index is 5.87. The summed E-state index contributed by atoms with van der Waals surface area (Å²) in [5, 5.41) is 0. The lowest BCUT2D eigenvalue weighted by Gasteiger charge is -1.98. The van der Waals surface area contributed by atoms with Gasteiger partial charge in [-0.3, -0.25) is 0 Å². The minimum absolute atomic E-state index is 0.305. The Morgan fingerprint density at radius 1 is 0.304 bits per heavy atom. The van der Waals surface area contributed by atoms with Gasteiger partial charge in [-0.05, 0) is 45.6 Å². The van der Waals surface area contributed by atoms with Crippen LogP contribution in [0.25, 0.3) is 22.3 Å². The molecule has 0 aromatic heterocycles. The molecule has 0 heteroatoms. The van der Waals surface area contributed by atoms with Gasteiger partial charge in [-0.15, -0.1) is 12.8 Å². The molecule has 0 fully saturated rings. The van der Waals surface area contributed by atoms with Gasteiger partial charge in [0.05, 0.1) is 22.3 Å². The highest BCUT2D eigenvalue weighted by atomic mass is 14.0. The Hall–Kier alpha value is -7.42. The first-order valence-electron chi connectivity index (χ1n) is 14.2. The average Bonchev–Trinajstić information content (AvgIpc) is 3.12. The normalized spacial score (nSPS) is 12.0. The van der Waals surface area contributed by atoms with Crippen molar-refractivity contribution >= 4 is 22.3 Å². The molecule has 206 valence electrons. The van der Waals surface area contributed by atoms with E-state index in [0.29, 0.717) is 33.4 Å². The SMILES string of the molecule is C#CC1=C=C=C(c2ccccc2)C#CC(c2ccccc2)=C=C=C(C#C)C#CC(c2ccccc2)=C=C=C(c2ccccc2)C#C1. The first-order chi connectivity index (χ1) is 22.7. The van der Waals surface area contributed by atoms with Crippen LogP contribution < -0.4 is 0 Å². The van der Waals surface area contributed by atoms with E-state index in [1.165, 1.54) is 0 Å². The Balaban J connectivity index is 1.92. The molecule has 0 N–H and O–H groups in total. The Kier molecular flexibility index (Phi) is 10.3. The van der Waals surface area contributed by atoms with Crippen molar-refractivity contribution in [1.29, 1.82) is 0 Å². The quantitative estimate of drug-likeness (QED) is 0.169. The van der Waals surface area contributed by atoms with Gasteiger partial charge in [-0.1, -0.05) is 180 Å². The van der Waals surface area contributed by atoms with Crippen molar-refractivity contribution in [2.45, 2.75) is 0 Å². The average molecular weight is 575 g/mol. The molecule has 0 radical (unpaired) electrons. The molecule has 0 aliphatic heterocycles. The number of rotatable bonds is 4. The van der Waals surface area contributed by atoms with E-state index >= 15 is 0 Å². The van der Waals surface area contributed by atoms with Gasteiger partial charge in [-0.2, -0.15) is 0 Å². The molecule has 1 aliphatic rings. The van der Waals surface area contributed by atoms with Gasteiger partial charge in [0.1, 0.15) is 11.1 Å². The number of allylic oxidation sites excluding steroid dienone is 6. The fraction of sp³-hybridized carbons (Fsp3) is 0. The Bertz CT molecular complexity index is 2220. The monoisotopic (exact) mass is 574 g/mol. The predicted molar refractivity (Wildman–Crippen MR) is 188 cm³/mol. The van der Waals surface area contributed by atoms with Crippen molar-refractivity contribution in [3.63, 3.8) is 0 Å². The molecular weight excluding hydrogens is 553 g/mol. The number of hydrogen-bond acceptors (Lipinski definition) is 0. The van der Waals surface area contributed by atoms with Crippen LogP contribution in [0.5, 0.6) is 0 Å². The summed E-state index contributed by atoms with van der Waals surface area (Å²) < 4.78 is 0. The fourth-order valence-electron chi connectivity index (χ4n) is 4.08. The standard InChI is InChI=1S/C46H22/c1-3-37-25-29-43(39-17-9-5-10-18-39)33-35-45(41-21-13-7-14-22-41)31-27-38(4-2)28-32-46(42-23-15-8-16-24-42)36-34-44(30-26-37)40-19-11-6-12-20-40/h1-2,5-24H. The second kappa shape index (κ2) is 15.7. The largest absolute Gasteiger partial charge is 0.125 e. The summed E-state index contributed by atoms with van der Waals surface area (Å²) in [6.45, 7) is 0. The van der Waals surface area contributed by atoms with Crippen molar-refractivity contribution in [3.8, 4) is 60.2 Å². The van der Waals surface area contributed by atoms with Crippen LogP contribution in [-0.4, -0.2) is 0 Å². The fourth-order valence-corrected chi connectivity index (χ4v) is 4.08. The van der Waals surface area contributed by atoms with Crippen molar-refractivity contribution in [2.24, 2.45) is 0 Å². The van der Waals surface area contributed by atoms with Crippen LogP contribution in [0.2, 0.25) is 0 Å². The van der Waals surface area contributed by atoms with Crippen LogP contribution in [0.1, 0.15) is 22.3 Å². The van der Waals surface area contributed by atoms with Gasteiger partial charge in [-0.25, -0.2) is 0 Å². The Labute approximate surface area is 270 Å². The minimum Gasteiger partial charge on any atom is -0.113 e. The maximum Gasteiger partial charge on any atom is 0.125 e. The predicted octanol–water partition coefficient (Wildman–Crippen LogP) is 8.73. The number of benzene rings is 4. The van der Waals surface area contributed by atoms with Gasteiger partial charge >= 0.3 is 0 Å². The topological polar surface area (TPSA) is 0 Å². The third-order valence-corrected chi connectivity index (χ3v) is 6.41. The highest BCUT2D eigenvalue weighted by Gasteiger charge is 2.01. The minimum atomic E-state index is 0.305. The molecule has 4 aromatic rings. The van der Waals surface area contributed by atoms with Gasteiger partial charge in [0, 0.05) is 0 Å². The molecular formula is C46H22. The molecule has 0 heterocycles. The van der Waals surface area contributed by atoms with E-state index in [4.69, 9.17) is 12.8 Å². The molecule has 46 heavy (non-hydrogen) atoms. The van der Waals surface area contributed by atoms with E-state index in [0.717, 1.165) is 22.3 Å². The van der Waals surface area contributed by atoms with Crippen LogP contribution >= 0.6 is 0 Å². The summed E-state index contributed by atoms with van der Waals surface area (Å²) in [5.74, 6) is 24.1. The van der Waals surface area contributed by atoms with E-state index in [1.807, 2.05) is 121 Å². The van der Waals surface area contributed by atoms with Crippen LogP contribution in [0.15, 0.2) is 167 Å². The van der Waals surface area contributed by atoms with Crippen molar-refractivity contribution in [2.75, 3.05) is 0 Å². The molecule has 0 atom stereocenters. The molecule has 4 aromatic carbocycles. The van der Waals surface area contributed by atoms with Crippen molar-refractivity contribution < 1.29 is 0 Å². The summed E-state index contributed by atoms with van der Waals surface area (Å²) in [6.07, 6.45) is 11.7. The van der Waals surface area contributed by atoms with E-state index in [-0.39, 0.29) is 0 Å². The second-order valence-corrected chi connectivity index (χ2v) is 9.50. The molecule has 0 nitrogen and oxygen atoms in total. The van der Waals surface area contributed by atoms with E-state index in [9.17, 15) is 0 Å². The molecule has 0 unspecified atom stereocenters. The third-order valence-electron chi connectivity index (χ3n) is 6.41. The molecule has 5 rings (SSSR count). The highest BCUT2D eigenvalue weighted by molar-refractivity contribution is 5.87. The van der Waals surface area contributed by atoms with Crippen LogP contribution in [0, 0.1) is 60.2 Å². The highest BCUT2D eigenvalue weighted by Crippen LogP contribution is 2.17. The maximum absolute atomic E-state index is 5.87. The molecule has 0 amide bonds. The number of terminal acetylenes is 2. The van der Waals surface area contributed by atoms with Gasteiger partial charge in [0.25, 0.3) is 0 Å². The first kappa shape index (κ1) is 30.1. The lowest BCUT2D eigenvalue weighted by Crippen LogP contribution is -1.82. The van der Waals surface area contributed by atoms with E-state index in [1.54, 1.807) is 0 Å². The number of hydrogen-bond donors (Lipinski definition) is 0. The smallest absolute Gasteiger partial charge is 0.113 e. The van der Waals surface area contributed by atoms with Crippen LogP contribution in [0.4, 0.5) is 0 Å². The first-order valence-corrected chi connectivity index (χ1v) is 14.2. The van der Waals surface area contributed by atoms with Crippen molar-refractivity contribution in [1.82, 2.24) is 0 Å². The summed E-state index contributed by atoms with van der Waals surface area (Å²) >= 11 is 0. The van der Waals surface area contributed by atoms with Gasteiger partial charge in [0.15, 0.2) is 0 Å². The second-order valence-electron chi connectivity index (χ2n) is 9.50. The van der Waals surface area contributed by atoms with Gasteiger partial charge in [0.2, 0.25) is 0 Å².